The van der Waals surface area contributed by atoms with Crippen molar-refractivity contribution in [2.75, 3.05) is 28.6 Å². The molecule has 35 heavy (non-hydrogen) atoms. The van der Waals surface area contributed by atoms with Gasteiger partial charge < -0.3 is 15.5 Å². The highest BCUT2D eigenvalue weighted by Gasteiger charge is 2.35. The van der Waals surface area contributed by atoms with E-state index >= 15 is 0 Å². The Morgan fingerprint density at radius 3 is 2.49 bits per heavy atom. The van der Waals surface area contributed by atoms with Crippen molar-refractivity contribution in [2.24, 2.45) is 5.92 Å². The molecule has 1 aromatic heterocycles. The van der Waals surface area contributed by atoms with Crippen molar-refractivity contribution < 1.29 is 9.59 Å². The van der Waals surface area contributed by atoms with Gasteiger partial charge in [0, 0.05) is 30.2 Å². The molecule has 5 rings (SSSR count). The molecule has 1 saturated heterocycles. The zero-order chi connectivity index (χ0) is 24.4. The van der Waals surface area contributed by atoms with Crippen LogP contribution in [0.1, 0.15) is 36.3 Å². The number of aromatic nitrogens is 2. The maximum Gasteiger partial charge on any atom is 0.258 e. The molecule has 180 valence electrons. The topological polar surface area (TPSA) is 107 Å². The molecule has 3 heterocycles. The molecule has 1 fully saturated rings. The lowest BCUT2D eigenvalue weighted by Crippen LogP contribution is -2.40. The van der Waals surface area contributed by atoms with Gasteiger partial charge in [0.15, 0.2) is 0 Å². The summed E-state index contributed by atoms with van der Waals surface area (Å²) in [6.45, 7) is 1.52. The molecule has 2 aliphatic heterocycles. The van der Waals surface area contributed by atoms with Gasteiger partial charge in [-0.2, -0.15) is 4.98 Å². The van der Waals surface area contributed by atoms with E-state index in [-0.39, 0.29) is 23.7 Å². The minimum absolute atomic E-state index is 0.124. The Morgan fingerprint density at radius 1 is 1.06 bits per heavy atom. The highest BCUT2D eigenvalue weighted by atomic mass is 35.5. The van der Waals surface area contributed by atoms with Crippen LogP contribution in [0.25, 0.3) is 0 Å². The fourth-order valence-electron chi connectivity index (χ4n) is 4.79. The molecule has 0 unspecified atom stereocenters. The van der Waals surface area contributed by atoms with Crippen LogP contribution >= 0.6 is 11.6 Å². The van der Waals surface area contributed by atoms with Gasteiger partial charge in [-0.25, -0.2) is 0 Å². The number of anilines is 3. The second-order valence-corrected chi connectivity index (χ2v) is 9.51. The van der Waals surface area contributed by atoms with Crippen LogP contribution < -0.4 is 21.1 Å². The highest BCUT2D eigenvalue weighted by Crippen LogP contribution is 2.31. The van der Waals surface area contributed by atoms with Crippen LogP contribution in [0, 0.1) is 5.92 Å². The summed E-state index contributed by atoms with van der Waals surface area (Å²) >= 11 is 5.90. The van der Waals surface area contributed by atoms with Gasteiger partial charge in [0.05, 0.1) is 11.5 Å². The number of aromatic amines is 1. The molecular formula is C26H26ClN5O3. The molecule has 3 N–H and O–H groups in total. The Morgan fingerprint density at radius 2 is 1.77 bits per heavy atom. The van der Waals surface area contributed by atoms with Crippen molar-refractivity contribution in [3.8, 4) is 0 Å². The third-order valence-corrected chi connectivity index (χ3v) is 6.90. The van der Waals surface area contributed by atoms with E-state index in [9.17, 15) is 14.4 Å². The summed E-state index contributed by atoms with van der Waals surface area (Å²) in [4.78, 5) is 47.9. The van der Waals surface area contributed by atoms with E-state index in [1.54, 1.807) is 24.3 Å². The second-order valence-electron chi connectivity index (χ2n) is 9.07. The monoisotopic (exact) mass is 491 g/mol. The Hall–Kier alpha value is -3.65. The van der Waals surface area contributed by atoms with E-state index in [4.69, 9.17) is 11.6 Å². The van der Waals surface area contributed by atoms with E-state index in [0.717, 1.165) is 32.4 Å². The number of halogens is 1. The summed E-state index contributed by atoms with van der Waals surface area (Å²) < 4.78 is 0. The molecule has 2 aliphatic rings. The van der Waals surface area contributed by atoms with Crippen molar-refractivity contribution in [3.63, 3.8) is 0 Å². The van der Waals surface area contributed by atoms with Gasteiger partial charge in [-0.1, -0.05) is 41.9 Å². The Balaban J connectivity index is 1.31. The number of rotatable bonds is 5. The molecule has 3 aromatic rings. The van der Waals surface area contributed by atoms with Crippen molar-refractivity contribution in [2.45, 2.75) is 31.6 Å². The van der Waals surface area contributed by atoms with Crippen molar-refractivity contribution in [1.82, 2.24) is 9.97 Å². The lowest BCUT2D eigenvalue weighted by Gasteiger charge is -2.33. The molecular weight excluding hydrogens is 466 g/mol. The second kappa shape index (κ2) is 9.92. The van der Waals surface area contributed by atoms with Gasteiger partial charge in [0.1, 0.15) is 5.82 Å². The van der Waals surface area contributed by atoms with Gasteiger partial charge in [0.25, 0.3) is 5.56 Å². The van der Waals surface area contributed by atoms with Crippen molar-refractivity contribution in [1.29, 1.82) is 0 Å². The smallest absolute Gasteiger partial charge is 0.258 e. The zero-order valence-electron chi connectivity index (χ0n) is 19.1. The fraction of sp³-hybridized carbons (Fsp3) is 0.308. The average molecular weight is 492 g/mol. The van der Waals surface area contributed by atoms with E-state index in [2.05, 4.69) is 44.9 Å². The number of piperidine rings is 1. The molecule has 0 radical (unpaired) electrons. The minimum atomic E-state index is -0.934. The number of amides is 2. The number of nitrogens with one attached hydrogen (secondary N) is 3. The molecule has 1 atom stereocenters. The number of benzene rings is 2. The Kier molecular flexibility index (Phi) is 6.55. The molecule has 0 bridgehead atoms. The molecule has 9 heteroatoms. The summed E-state index contributed by atoms with van der Waals surface area (Å²) in [5.41, 5.74) is 1.63. The van der Waals surface area contributed by atoms with Gasteiger partial charge in [-0.3, -0.25) is 19.4 Å². The number of hydrogen-bond donors (Lipinski definition) is 3. The normalized spacial score (nSPS) is 18.0. The summed E-state index contributed by atoms with van der Waals surface area (Å²) in [6.07, 6.45) is 2.87. The van der Waals surface area contributed by atoms with Gasteiger partial charge >= 0.3 is 0 Å². The lowest BCUT2D eigenvalue weighted by molar-refractivity contribution is -0.123. The van der Waals surface area contributed by atoms with Crippen molar-refractivity contribution >= 4 is 40.9 Å². The van der Waals surface area contributed by atoms with Crippen molar-refractivity contribution in [3.05, 3.63) is 81.1 Å². The number of carbonyl (C=O) groups is 2. The first-order chi connectivity index (χ1) is 17.0. The summed E-state index contributed by atoms with van der Waals surface area (Å²) in [7, 11) is 0. The van der Waals surface area contributed by atoms with Crippen LogP contribution in [0.3, 0.4) is 0 Å². The first kappa shape index (κ1) is 23.1. The zero-order valence-corrected chi connectivity index (χ0v) is 19.8. The Bertz CT molecular complexity index is 1280. The van der Waals surface area contributed by atoms with Crippen LogP contribution in [0.15, 0.2) is 59.4 Å². The first-order valence-electron chi connectivity index (χ1n) is 11.8. The number of carbonyl (C=O) groups excluding carboxylic acids is 2. The van der Waals surface area contributed by atoms with Crippen LogP contribution in [-0.4, -0.2) is 34.9 Å². The number of H-pyrrole nitrogens is 1. The number of fused-ring (bicyclic) bond motifs is 1. The standard InChI is InChI=1S/C26H26ClN5O3/c27-18-6-8-19(9-7-18)28-24(34)20-15-21(33)29-23-22(20)25(35)31-26(30-23)32-12-10-17(11-13-32)14-16-4-2-1-3-5-16/h1-9,17,20H,10-15H2,(H,28,34)(H2,29,30,31,33,35)/t20-/m1/s1. The quantitative estimate of drug-likeness (QED) is 0.501. The van der Waals surface area contributed by atoms with E-state index in [1.165, 1.54) is 5.56 Å². The maximum absolute atomic E-state index is 13.1. The Labute approximate surface area is 207 Å². The van der Waals surface area contributed by atoms with Gasteiger partial charge in [-0.05, 0) is 55.0 Å². The van der Waals surface area contributed by atoms with E-state index in [1.807, 2.05) is 11.0 Å². The summed E-state index contributed by atoms with van der Waals surface area (Å²) in [5.74, 6) is -0.576. The SMILES string of the molecule is O=C1C[C@@H](C(=O)Nc2ccc(Cl)cc2)c2c(nc(N3CCC(Cc4ccccc4)CC3)[nH]c2=O)N1. The molecule has 0 saturated carbocycles. The van der Waals surface area contributed by atoms with Gasteiger partial charge in [0.2, 0.25) is 17.8 Å². The minimum Gasteiger partial charge on any atom is -0.342 e. The molecule has 0 spiro atoms. The molecule has 2 aromatic carbocycles. The van der Waals surface area contributed by atoms with E-state index in [0.29, 0.717) is 22.6 Å². The predicted octanol–water partition coefficient (Wildman–Crippen LogP) is 3.95. The van der Waals surface area contributed by atoms with Gasteiger partial charge in [-0.15, -0.1) is 0 Å². The highest BCUT2D eigenvalue weighted by molar-refractivity contribution is 6.30. The average Bonchev–Trinajstić information content (AvgIpc) is 2.85. The third kappa shape index (κ3) is 5.22. The predicted molar refractivity (Wildman–Crippen MR) is 136 cm³/mol. The fourth-order valence-corrected chi connectivity index (χ4v) is 4.92. The summed E-state index contributed by atoms with van der Waals surface area (Å²) in [6, 6.07) is 17.1. The number of hydrogen-bond acceptors (Lipinski definition) is 5. The molecule has 0 aliphatic carbocycles. The maximum atomic E-state index is 13.1. The van der Waals surface area contributed by atoms with Crippen LogP contribution in [0.2, 0.25) is 5.02 Å². The van der Waals surface area contributed by atoms with Crippen LogP contribution in [-0.2, 0) is 16.0 Å². The molecule has 8 nitrogen and oxygen atoms in total. The third-order valence-electron chi connectivity index (χ3n) is 6.65. The number of nitrogens with zero attached hydrogens (tertiary/aromatic N) is 2. The summed E-state index contributed by atoms with van der Waals surface area (Å²) in [5, 5.41) is 5.99. The van der Waals surface area contributed by atoms with Crippen LogP contribution in [0.4, 0.5) is 17.5 Å². The van der Waals surface area contributed by atoms with E-state index < -0.39 is 17.4 Å². The first-order valence-corrected chi connectivity index (χ1v) is 12.1. The molecule has 2 amide bonds. The largest absolute Gasteiger partial charge is 0.342 e. The lowest BCUT2D eigenvalue weighted by atomic mass is 9.90. The van der Waals surface area contributed by atoms with Crippen LogP contribution in [0.5, 0.6) is 0 Å².